The molecule has 0 aliphatic carbocycles. The van der Waals surface area contributed by atoms with Crippen LogP contribution in [0.25, 0.3) is 22.9 Å². The molecule has 29 heavy (non-hydrogen) atoms. The molecular formula is C23H20N2O4. The summed E-state index contributed by atoms with van der Waals surface area (Å²) in [4.78, 5) is 0. The quantitative estimate of drug-likeness (QED) is 0.444. The first kappa shape index (κ1) is 18.6. The van der Waals surface area contributed by atoms with Gasteiger partial charge in [-0.15, -0.1) is 10.2 Å². The van der Waals surface area contributed by atoms with Gasteiger partial charge in [-0.2, -0.15) is 0 Å². The fourth-order valence-corrected chi connectivity index (χ4v) is 2.85. The SMILES string of the molecule is COc1ccc(-c2nnc(-c3ccc(OCc4ccccc4)c(OC)c3)o2)cc1. The number of aromatic nitrogens is 2. The van der Waals surface area contributed by atoms with E-state index in [4.69, 9.17) is 18.6 Å². The molecule has 0 aliphatic rings. The molecule has 0 aliphatic heterocycles. The van der Waals surface area contributed by atoms with E-state index in [1.807, 2.05) is 72.8 Å². The first-order valence-electron chi connectivity index (χ1n) is 9.10. The summed E-state index contributed by atoms with van der Waals surface area (Å²) in [6, 6.07) is 22.9. The lowest BCUT2D eigenvalue weighted by atomic mass is 10.2. The van der Waals surface area contributed by atoms with Gasteiger partial charge >= 0.3 is 0 Å². The maximum absolute atomic E-state index is 5.90. The predicted octanol–water partition coefficient (Wildman–Crippen LogP) is 5.00. The maximum Gasteiger partial charge on any atom is 0.248 e. The number of benzene rings is 3. The molecule has 0 unspecified atom stereocenters. The molecule has 1 aromatic heterocycles. The third-order valence-electron chi connectivity index (χ3n) is 4.41. The van der Waals surface area contributed by atoms with Gasteiger partial charge in [-0.25, -0.2) is 0 Å². The van der Waals surface area contributed by atoms with Crippen LogP contribution in [0.5, 0.6) is 17.2 Å². The van der Waals surface area contributed by atoms with E-state index in [1.54, 1.807) is 14.2 Å². The van der Waals surface area contributed by atoms with Crippen LogP contribution in [-0.2, 0) is 6.61 Å². The molecule has 146 valence electrons. The van der Waals surface area contributed by atoms with Gasteiger partial charge in [-0.3, -0.25) is 0 Å². The van der Waals surface area contributed by atoms with E-state index < -0.39 is 0 Å². The minimum absolute atomic E-state index is 0.406. The van der Waals surface area contributed by atoms with E-state index >= 15 is 0 Å². The Hall–Kier alpha value is -3.80. The summed E-state index contributed by atoms with van der Waals surface area (Å²) in [6.45, 7) is 0.457. The van der Waals surface area contributed by atoms with Crippen molar-refractivity contribution in [2.75, 3.05) is 14.2 Å². The molecule has 0 atom stereocenters. The van der Waals surface area contributed by atoms with Crippen molar-refractivity contribution in [3.8, 4) is 40.2 Å². The molecule has 0 fully saturated rings. The minimum Gasteiger partial charge on any atom is -0.497 e. The molecule has 6 heteroatoms. The van der Waals surface area contributed by atoms with Crippen molar-refractivity contribution in [3.05, 3.63) is 78.4 Å². The summed E-state index contributed by atoms with van der Waals surface area (Å²) in [5.41, 5.74) is 2.65. The van der Waals surface area contributed by atoms with E-state index in [2.05, 4.69) is 10.2 Å². The number of hydrogen-bond donors (Lipinski definition) is 0. The second-order valence-corrected chi connectivity index (χ2v) is 6.28. The highest BCUT2D eigenvalue weighted by Gasteiger charge is 2.14. The van der Waals surface area contributed by atoms with Gasteiger partial charge in [0.1, 0.15) is 12.4 Å². The van der Waals surface area contributed by atoms with Gasteiger partial charge in [0.05, 0.1) is 14.2 Å². The van der Waals surface area contributed by atoms with Gasteiger partial charge in [-0.1, -0.05) is 30.3 Å². The number of hydrogen-bond acceptors (Lipinski definition) is 6. The zero-order valence-corrected chi connectivity index (χ0v) is 16.2. The summed E-state index contributed by atoms with van der Waals surface area (Å²) < 4.78 is 22.4. The van der Waals surface area contributed by atoms with Gasteiger partial charge in [0.25, 0.3) is 0 Å². The molecule has 3 aromatic carbocycles. The smallest absolute Gasteiger partial charge is 0.248 e. The molecule has 4 rings (SSSR count). The second kappa shape index (κ2) is 8.48. The molecule has 0 spiro atoms. The largest absolute Gasteiger partial charge is 0.497 e. The summed E-state index contributed by atoms with van der Waals surface area (Å²) in [6.07, 6.45) is 0. The highest BCUT2D eigenvalue weighted by molar-refractivity contribution is 5.62. The van der Waals surface area contributed by atoms with E-state index in [1.165, 1.54) is 0 Å². The molecule has 0 saturated heterocycles. The molecule has 4 aromatic rings. The van der Waals surface area contributed by atoms with Crippen molar-refractivity contribution < 1.29 is 18.6 Å². The Morgan fingerprint density at radius 2 is 1.41 bits per heavy atom. The first-order valence-corrected chi connectivity index (χ1v) is 9.10. The lowest BCUT2D eigenvalue weighted by Gasteiger charge is -2.11. The van der Waals surface area contributed by atoms with Gasteiger partial charge in [0.2, 0.25) is 11.8 Å². The van der Waals surface area contributed by atoms with Crippen LogP contribution in [0.3, 0.4) is 0 Å². The Bertz CT molecular complexity index is 1080. The molecule has 1 heterocycles. The highest BCUT2D eigenvalue weighted by Crippen LogP contribution is 2.33. The van der Waals surface area contributed by atoms with Crippen molar-refractivity contribution >= 4 is 0 Å². The third kappa shape index (κ3) is 4.21. The molecular weight excluding hydrogens is 368 g/mol. The Labute approximate surface area is 168 Å². The Morgan fingerprint density at radius 3 is 2.10 bits per heavy atom. The zero-order valence-electron chi connectivity index (χ0n) is 16.2. The molecule has 0 saturated carbocycles. The molecule has 0 N–H and O–H groups in total. The van der Waals surface area contributed by atoms with Gasteiger partial charge in [-0.05, 0) is 48.0 Å². The van der Waals surface area contributed by atoms with E-state index in [9.17, 15) is 0 Å². The topological polar surface area (TPSA) is 66.6 Å². The van der Waals surface area contributed by atoms with Crippen LogP contribution in [0.4, 0.5) is 0 Å². The van der Waals surface area contributed by atoms with E-state index in [0.717, 1.165) is 22.4 Å². The van der Waals surface area contributed by atoms with Crippen LogP contribution in [0.2, 0.25) is 0 Å². The predicted molar refractivity (Wildman–Crippen MR) is 109 cm³/mol. The third-order valence-corrected chi connectivity index (χ3v) is 4.41. The van der Waals surface area contributed by atoms with Gasteiger partial charge in [0.15, 0.2) is 11.5 Å². The van der Waals surface area contributed by atoms with Gasteiger partial charge in [0, 0.05) is 11.1 Å². The lowest BCUT2D eigenvalue weighted by molar-refractivity contribution is 0.284. The van der Waals surface area contributed by atoms with Crippen molar-refractivity contribution in [1.29, 1.82) is 0 Å². The summed E-state index contributed by atoms with van der Waals surface area (Å²) in [5.74, 6) is 2.86. The maximum atomic E-state index is 5.90. The first-order chi connectivity index (χ1) is 14.3. The van der Waals surface area contributed by atoms with Crippen LogP contribution < -0.4 is 14.2 Å². The molecule has 0 amide bonds. The van der Waals surface area contributed by atoms with Crippen LogP contribution in [0.1, 0.15) is 5.56 Å². The Balaban J connectivity index is 1.53. The number of methoxy groups -OCH3 is 2. The van der Waals surface area contributed by atoms with Crippen LogP contribution in [0.15, 0.2) is 77.2 Å². The summed E-state index contributed by atoms with van der Waals surface area (Å²) >= 11 is 0. The molecule has 0 bridgehead atoms. The molecule has 6 nitrogen and oxygen atoms in total. The number of ether oxygens (including phenoxy) is 3. The standard InChI is InChI=1S/C23H20N2O4/c1-26-19-11-8-17(9-12-19)22-24-25-23(29-22)18-10-13-20(21(14-18)27-2)28-15-16-6-4-3-5-7-16/h3-14H,15H2,1-2H3. The van der Waals surface area contributed by atoms with Gasteiger partial charge < -0.3 is 18.6 Å². The Kier molecular flexibility index (Phi) is 5.42. The lowest BCUT2D eigenvalue weighted by Crippen LogP contribution is -1.97. The van der Waals surface area contributed by atoms with Crippen LogP contribution in [0, 0.1) is 0 Å². The zero-order chi connectivity index (χ0) is 20.1. The number of nitrogens with zero attached hydrogens (tertiary/aromatic N) is 2. The van der Waals surface area contributed by atoms with Crippen molar-refractivity contribution in [3.63, 3.8) is 0 Å². The van der Waals surface area contributed by atoms with Crippen molar-refractivity contribution in [2.24, 2.45) is 0 Å². The Morgan fingerprint density at radius 1 is 0.724 bits per heavy atom. The highest BCUT2D eigenvalue weighted by atomic mass is 16.5. The van der Waals surface area contributed by atoms with Crippen LogP contribution in [-0.4, -0.2) is 24.4 Å². The monoisotopic (exact) mass is 388 g/mol. The average Bonchev–Trinajstić information content (AvgIpc) is 3.28. The normalized spacial score (nSPS) is 10.6. The minimum atomic E-state index is 0.406. The van der Waals surface area contributed by atoms with Crippen molar-refractivity contribution in [2.45, 2.75) is 6.61 Å². The number of rotatable bonds is 7. The van der Waals surface area contributed by atoms with E-state index in [0.29, 0.717) is 29.9 Å². The summed E-state index contributed by atoms with van der Waals surface area (Å²) in [5, 5.41) is 8.30. The fourth-order valence-electron chi connectivity index (χ4n) is 2.85. The average molecular weight is 388 g/mol. The second-order valence-electron chi connectivity index (χ2n) is 6.28. The summed E-state index contributed by atoms with van der Waals surface area (Å²) in [7, 11) is 3.23. The van der Waals surface area contributed by atoms with Crippen molar-refractivity contribution in [1.82, 2.24) is 10.2 Å². The molecule has 0 radical (unpaired) electrons. The fraction of sp³-hybridized carbons (Fsp3) is 0.130. The van der Waals surface area contributed by atoms with E-state index in [-0.39, 0.29) is 0 Å². The van der Waals surface area contributed by atoms with Crippen LogP contribution >= 0.6 is 0 Å².